The first-order valence-corrected chi connectivity index (χ1v) is 10.8. The summed E-state index contributed by atoms with van der Waals surface area (Å²) in [6, 6.07) is 4.35. The molecule has 2 heterocycles. The Morgan fingerprint density at radius 1 is 1.33 bits per heavy atom. The molecule has 1 amide bonds. The van der Waals surface area contributed by atoms with E-state index in [2.05, 4.69) is 44.9 Å². The largest absolute Gasteiger partial charge is 0.450 e. The minimum atomic E-state index is -0.334. The molecule has 1 unspecified atom stereocenters. The number of anilines is 1. The summed E-state index contributed by atoms with van der Waals surface area (Å²) in [5, 5.41) is 9.86. The van der Waals surface area contributed by atoms with Crippen molar-refractivity contribution in [2.45, 2.75) is 32.7 Å². The van der Waals surface area contributed by atoms with Crippen molar-refractivity contribution in [1.29, 1.82) is 0 Å². The van der Waals surface area contributed by atoms with Gasteiger partial charge in [0.25, 0.3) is 0 Å². The predicted octanol–water partition coefficient (Wildman–Crippen LogP) is 2.36. The lowest BCUT2D eigenvalue weighted by Crippen LogP contribution is -2.52. The van der Waals surface area contributed by atoms with Gasteiger partial charge in [-0.2, -0.15) is 0 Å². The van der Waals surface area contributed by atoms with Gasteiger partial charge in [-0.15, -0.1) is 11.3 Å². The minimum Gasteiger partial charge on any atom is -0.450 e. The van der Waals surface area contributed by atoms with E-state index in [0.717, 1.165) is 51.5 Å². The molecular formula is C19H31N5O2S. The van der Waals surface area contributed by atoms with Crippen molar-refractivity contribution in [2.75, 3.05) is 50.8 Å². The van der Waals surface area contributed by atoms with Gasteiger partial charge in [0.15, 0.2) is 5.96 Å². The SMILES string of the molecule is CCNC(=NCC(NC(=O)OCC)C1CC1)N1CCN(c2cccs2)CC1. The van der Waals surface area contributed by atoms with Gasteiger partial charge in [0.05, 0.1) is 24.2 Å². The number of carbonyl (C=O) groups excluding carboxylic acids is 1. The highest BCUT2D eigenvalue weighted by molar-refractivity contribution is 7.14. The molecule has 0 radical (unpaired) electrons. The molecule has 7 nitrogen and oxygen atoms in total. The number of aliphatic imine (C=N–C) groups is 1. The average molecular weight is 394 g/mol. The zero-order valence-electron chi connectivity index (χ0n) is 16.3. The Balaban J connectivity index is 1.56. The van der Waals surface area contributed by atoms with Gasteiger partial charge in [0, 0.05) is 32.7 Å². The first-order valence-electron chi connectivity index (χ1n) is 9.96. The monoisotopic (exact) mass is 393 g/mol. The third kappa shape index (κ3) is 5.76. The van der Waals surface area contributed by atoms with Crippen molar-refractivity contribution >= 4 is 28.4 Å². The fraction of sp³-hybridized carbons (Fsp3) is 0.684. The van der Waals surface area contributed by atoms with Gasteiger partial charge in [0.1, 0.15) is 0 Å². The quantitative estimate of drug-likeness (QED) is 0.550. The molecular weight excluding hydrogens is 362 g/mol. The molecule has 0 bridgehead atoms. The van der Waals surface area contributed by atoms with Crippen molar-refractivity contribution in [2.24, 2.45) is 10.9 Å². The van der Waals surface area contributed by atoms with Crippen LogP contribution < -0.4 is 15.5 Å². The Morgan fingerprint density at radius 2 is 2.11 bits per heavy atom. The zero-order valence-corrected chi connectivity index (χ0v) is 17.1. The van der Waals surface area contributed by atoms with E-state index < -0.39 is 0 Å². The number of amides is 1. The van der Waals surface area contributed by atoms with Gasteiger partial charge < -0.3 is 25.2 Å². The molecule has 1 aliphatic heterocycles. The number of hydrogen-bond donors (Lipinski definition) is 2. The number of carbonyl (C=O) groups is 1. The molecule has 2 N–H and O–H groups in total. The summed E-state index contributed by atoms with van der Waals surface area (Å²) < 4.78 is 5.04. The van der Waals surface area contributed by atoms with Crippen LogP contribution >= 0.6 is 11.3 Å². The topological polar surface area (TPSA) is 69.2 Å². The van der Waals surface area contributed by atoms with Crippen LogP contribution in [0.5, 0.6) is 0 Å². The van der Waals surface area contributed by atoms with Gasteiger partial charge in [0.2, 0.25) is 0 Å². The van der Waals surface area contributed by atoms with Gasteiger partial charge in [-0.1, -0.05) is 0 Å². The van der Waals surface area contributed by atoms with Gasteiger partial charge in [-0.3, -0.25) is 4.99 Å². The molecule has 1 aromatic heterocycles. The molecule has 0 aromatic carbocycles. The summed E-state index contributed by atoms with van der Waals surface area (Å²) in [7, 11) is 0. The summed E-state index contributed by atoms with van der Waals surface area (Å²) in [6.07, 6.45) is 1.98. The van der Waals surface area contributed by atoms with E-state index in [1.165, 1.54) is 5.00 Å². The van der Waals surface area contributed by atoms with Crippen LogP contribution in [0.2, 0.25) is 0 Å². The summed E-state index contributed by atoms with van der Waals surface area (Å²) >= 11 is 1.79. The Morgan fingerprint density at radius 3 is 2.70 bits per heavy atom. The van der Waals surface area contributed by atoms with Crippen LogP contribution in [0.1, 0.15) is 26.7 Å². The van der Waals surface area contributed by atoms with Crippen LogP contribution in [0.3, 0.4) is 0 Å². The maximum atomic E-state index is 11.8. The van der Waals surface area contributed by atoms with Crippen molar-refractivity contribution in [3.63, 3.8) is 0 Å². The van der Waals surface area contributed by atoms with Gasteiger partial charge >= 0.3 is 6.09 Å². The van der Waals surface area contributed by atoms with E-state index in [1.807, 2.05) is 6.92 Å². The highest BCUT2D eigenvalue weighted by Gasteiger charge is 2.33. The minimum absolute atomic E-state index is 0.0603. The van der Waals surface area contributed by atoms with Crippen LogP contribution in [-0.4, -0.2) is 68.9 Å². The van der Waals surface area contributed by atoms with Crippen LogP contribution in [0.15, 0.2) is 22.5 Å². The Labute approximate surface area is 165 Å². The second-order valence-corrected chi connectivity index (χ2v) is 7.85. The normalized spacial score (nSPS) is 19.0. The number of nitrogens with one attached hydrogen (secondary N) is 2. The van der Waals surface area contributed by atoms with Gasteiger partial charge in [-0.05, 0) is 50.1 Å². The zero-order chi connectivity index (χ0) is 19.1. The first kappa shape index (κ1) is 19.8. The molecule has 1 saturated carbocycles. The molecule has 2 fully saturated rings. The van der Waals surface area contributed by atoms with Crippen LogP contribution in [0, 0.1) is 5.92 Å². The lowest BCUT2D eigenvalue weighted by molar-refractivity contribution is 0.147. The first-order chi connectivity index (χ1) is 13.2. The van der Waals surface area contributed by atoms with Crippen molar-refractivity contribution in [3.05, 3.63) is 17.5 Å². The third-order valence-electron chi connectivity index (χ3n) is 4.94. The maximum Gasteiger partial charge on any atom is 0.407 e. The average Bonchev–Trinajstić information content (AvgIpc) is 3.38. The smallest absolute Gasteiger partial charge is 0.407 e. The fourth-order valence-corrected chi connectivity index (χ4v) is 4.12. The van der Waals surface area contributed by atoms with Crippen LogP contribution in [0.4, 0.5) is 9.80 Å². The number of hydrogen-bond acceptors (Lipinski definition) is 5. The predicted molar refractivity (Wildman–Crippen MR) is 111 cm³/mol. The molecule has 1 saturated heterocycles. The number of ether oxygens (including phenoxy) is 1. The van der Waals surface area contributed by atoms with Crippen LogP contribution in [0.25, 0.3) is 0 Å². The maximum absolute atomic E-state index is 11.8. The summed E-state index contributed by atoms with van der Waals surface area (Å²) in [5.41, 5.74) is 0. The van der Waals surface area contributed by atoms with Crippen molar-refractivity contribution in [1.82, 2.24) is 15.5 Å². The Bertz CT molecular complexity index is 610. The molecule has 8 heteroatoms. The van der Waals surface area contributed by atoms with E-state index in [1.54, 1.807) is 11.3 Å². The van der Waals surface area contributed by atoms with E-state index in [9.17, 15) is 4.79 Å². The van der Waals surface area contributed by atoms with E-state index in [4.69, 9.17) is 9.73 Å². The number of piperazine rings is 1. The van der Waals surface area contributed by atoms with E-state index in [0.29, 0.717) is 19.1 Å². The number of nitrogens with zero attached hydrogens (tertiary/aromatic N) is 3. The molecule has 27 heavy (non-hydrogen) atoms. The molecule has 0 spiro atoms. The van der Waals surface area contributed by atoms with Gasteiger partial charge in [-0.25, -0.2) is 4.79 Å². The van der Waals surface area contributed by atoms with Crippen molar-refractivity contribution in [3.8, 4) is 0 Å². The number of rotatable bonds is 7. The number of thiophene rings is 1. The number of alkyl carbamates (subject to hydrolysis) is 1. The van der Waals surface area contributed by atoms with E-state index >= 15 is 0 Å². The van der Waals surface area contributed by atoms with E-state index in [-0.39, 0.29) is 12.1 Å². The molecule has 1 atom stereocenters. The van der Waals surface area contributed by atoms with Crippen molar-refractivity contribution < 1.29 is 9.53 Å². The second-order valence-electron chi connectivity index (χ2n) is 6.93. The summed E-state index contributed by atoms with van der Waals surface area (Å²) in [4.78, 5) is 21.4. The second kappa shape index (κ2) is 9.82. The standard InChI is InChI=1S/C19H31N5O2S/c1-3-20-18(21-14-16(15-7-8-15)22-19(25)26-4-2)24-11-9-23(10-12-24)17-6-5-13-27-17/h5-6,13,15-16H,3-4,7-12,14H2,1-2H3,(H,20,21)(H,22,25). The van der Waals surface area contributed by atoms with Crippen LogP contribution in [-0.2, 0) is 4.74 Å². The number of guanidine groups is 1. The molecule has 2 aliphatic rings. The lowest BCUT2D eigenvalue weighted by Gasteiger charge is -2.37. The highest BCUT2D eigenvalue weighted by Crippen LogP contribution is 2.33. The Hall–Kier alpha value is -1.96. The molecule has 150 valence electrons. The Kier molecular flexibility index (Phi) is 7.20. The summed E-state index contributed by atoms with van der Waals surface area (Å²) in [6.45, 7) is 9.63. The fourth-order valence-electron chi connectivity index (χ4n) is 3.33. The highest BCUT2D eigenvalue weighted by atomic mass is 32.1. The molecule has 1 aromatic rings. The molecule has 1 aliphatic carbocycles. The summed E-state index contributed by atoms with van der Waals surface area (Å²) in [5.74, 6) is 1.47. The third-order valence-corrected chi connectivity index (χ3v) is 5.87. The molecule has 3 rings (SSSR count). The lowest BCUT2D eigenvalue weighted by atomic mass is 10.2.